The standard InChI is InChI=1S/C23H19ClOS.CH2O3/c1-17(16-26-20-10-6-3-7-11-20)14-23(25)22-15-19(24)12-13-21(22)18-8-4-2-5-9-18;2-1(3)4/h2-13,15-16H,14H2,1H3;(H2,2,3,4). The first-order valence-corrected chi connectivity index (χ1v) is 10.3. The second kappa shape index (κ2) is 11.9. The summed E-state index contributed by atoms with van der Waals surface area (Å²) in [6.45, 7) is 1.99. The lowest BCUT2D eigenvalue weighted by atomic mass is 9.95. The molecule has 0 aliphatic carbocycles. The van der Waals surface area contributed by atoms with E-state index in [2.05, 4.69) is 12.1 Å². The van der Waals surface area contributed by atoms with E-state index in [-0.39, 0.29) is 5.78 Å². The molecule has 0 aliphatic rings. The zero-order valence-corrected chi connectivity index (χ0v) is 17.9. The summed E-state index contributed by atoms with van der Waals surface area (Å²) in [5.41, 5.74) is 3.64. The number of Topliss-reactive ketones (excluding diaryl/α,β-unsaturated/α-hetero) is 1. The lowest BCUT2D eigenvalue weighted by Gasteiger charge is -2.10. The van der Waals surface area contributed by atoms with Gasteiger partial charge in [0.15, 0.2) is 5.78 Å². The minimum Gasteiger partial charge on any atom is -0.450 e. The van der Waals surface area contributed by atoms with Gasteiger partial charge in [-0.15, -0.1) is 0 Å². The molecule has 0 aromatic heterocycles. The van der Waals surface area contributed by atoms with Crippen LogP contribution in [-0.2, 0) is 0 Å². The Labute approximate surface area is 184 Å². The lowest BCUT2D eigenvalue weighted by Crippen LogP contribution is -2.02. The smallest absolute Gasteiger partial charge is 0.450 e. The number of rotatable bonds is 6. The van der Waals surface area contributed by atoms with Crippen LogP contribution in [-0.4, -0.2) is 22.2 Å². The van der Waals surface area contributed by atoms with Crippen LogP contribution in [0.25, 0.3) is 11.1 Å². The summed E-state index contributed by atoms with van der Waals surface area (Å²) in [6, 6.07) is 25.6. The Kier molecular flexibility index (Phi) is 9.19. The van der Waals surface area contributed by atoms with Gasteiger partial charge in [0.2, 0.25) is 0 Å². The van der Waals surface area contributed by atoms with Crippen LogP contribution < -0.4 is 0 Å². The molecule has 2 N–H and O–H groups in total. The number of carbonyl (C=O) groups excluding carboxylic acids is 1. The first kappa shape index (κ1) is 23.3. The van der Waals surface area contributed by atoms with Gasteiger partial charge < -0.3 is 10.2 Å². The minimum atomic E-state index is -1.83. The van der Waals surface area contributed by atoms with E-state index in [0.29, 0.717) is 17.0 Å². The molecule has 0 spiro atoms. The van der Waals surface area contributed by atoms with Gasteiger partial charge in [-0.05, 0) is 47.7 Å². The van der Waals surface area contributed by atoms with Gasteiger partial charge in [0.05, 0.1) is 0 Å². The molecule has 154 valence electrons. The average Bonchev–Trinajstić information content (AvgIpc) is 2.73. The second-order valence-corrected chi connectivity index (χ2v) is 7.71. The maximum Gasteiger partial charge on any atom is 0.503 e. The molecule has 0 saturated carbocycles. The van der Waals surface area contributed by atoms with Crippen LogP contribution >= 0.6 is 23.4 Å². The third kappa shape index (κ3) is 7.78. The molecule has 0 saturated heterocycles. The van der Waals surface area contributed by atoms with E-state index in [4.69, 9.17) is 26.6 Å². The predicted molar refractivity (Wildman–Crippen MR) is 123 cm³/mol. The molecular weight excluding hydrogens is 420 g/mol. The molecule has 3 aromatic rings. The van der Waals surface area contributed by atoms with Crippen molar-refractivity contribution in [2.24, 2.45) is 0 Å². The summed E-state index contributed by atoms with van der Waals surface area (Å²) in [5.74, 6) is 0.0776. The number of carbonyl (C=O) groups is 2. The fourth-order valence-electron chi connectivity index (χ4n) is 2.67. The fourth-order valence-corrected chi connectivity index (χ4v) is 3.58. The number of ketones is 1. The van der Waals surface area contributed by atoms with E-state index < -0.39 is 6.16 Å². The normalized spacial score (nSPS) is 10.7. The maximum atomic E-state index is 12.9. The van der Waals surface area contributed by atoms with Gasteiger partial charge in [-0.3, -0.25) is 4.79 Å². The van der Waals surface area contributed by atoms with Crippen molar-refractivity contribution in [3.63, 3.8) is 0 Å². The van der Waals surface area contributed by atoms with Crippen molar-refractivity contribution >= 4 is 35.3 Å². The third-order valence-corrected chi connectivity index (χ3v) is 5.25. The highest BCUT2D eigenvalue weighted by molar-refractivity contribution is 8.02. The Hall–Kier alpha value is -3.02. The number of carboxylic acid groups (broad SMARTS) is 2. The third-order valence-electron chi connectivity index (χ3n) is 3.95. The van der Waals surface area contributed by atoms with E-state index in [1.54, 1.807) is 17.8 Å². The molecule has 0 fully saturated rings. The fraction of sp³-hybridized carbons (Fsp3) is 0.0833. The van der Waals surface area contributed by atoms with E-state index in [1.807, 2.05) is 73.0 Å². The van der Waals surface area contributed by atoms with Crippen molar-refractivity contribution in [1.29, 1.82) is 0 Å². The Morgan fingerprint density at radius 1 is 0.933 bits per heavy atom. The number of hydrogen-bond donors (Lipinski definition) is 2. The van der Waals surface area contributed by atoms with Crippen molar-refractivity contribution in [1.82, 2.24) is 0 Å². The lowest BCUT2D eigenvalue weighted by molar-refractivity contribution is 0.0993. The van der Waals surface area contributed by atoms with Crippen LogP contribution in [0.1, 0.15) is 23.7 Å². The van der Waals surface area contributed by atoms with Gasteiger partial charge in [-0.2, -0.15) is 0 Å². The maximum absolute atomic E-state index is 12.9. The van der Waals surface area contributed by atoms with Crippen molar-refractivity contribution in [2.45, 2.75) is 18.2 Å². The van der Waals surface area contributed by atoms with Gasteiger partial charge in [-0.1, -0.05) is 83.5 Å². The van der Waals surface area contributed by atoms with Gasteiger partial charge in [0.25, 0.3) is 0 Å². The summed E-state index contributed by atoms with van der Waals surface area (Å²) in [5, 5.41) is 16.6. The molecule has 0 bridgehead atoms. The Bertz CT molecular complexity index is 1010. The Balaban J connectivity index is 0.000000735. The van der Waals surface area contributed by atoms with Crippen molar-refractivity contribution in [2.75, 3.05) is 0 Å². The van der Waals surface area contributed by atoms with Crippen LogP contribution in [0.4, 0.5) is 4.79 Å². The molecule has 0 heterocycles. The predicted octanol–water partition coefficient (Wildman–Crippen LogP) is 7.50. The number of benzene rings is 3. The van der Waals surface area contributed by atoms with Gasteiger partial charge >= 0.3 is 6.16 Å². The van der Waals surface area contributed by atoms with Crippen LogP contribution in [0.2, 0.25) is 5.02 Å². The molecule has 30 heavy (non-hydrogen) atoms. The monoisotopic (exact) mass is 440 g/mol. The van der Waals surface area contributed by atoms with E-state index in [9.17, 15) is 4.79 Å². The molecule has 4 nitrogen and oxygen atoms in total. The average molecular weight is 441 g/mol. The molecular formula is C24H21ClO4S. The SMILES string of the molecule is CC(=CSc1ccccc1)CC(=O)c1cc(Cl)ccc1-c1ccccc1.O=C(O)O. The second-order valence-electron chi connectivity index (χ2n) is 6.33. The summed E-state index contributed by atoms with van der Waals surface area (Å²) in [6.07, 6.45) is -1.46. The summed E-state index contributed by atoms with van der Waals surface area (Å²) in [4.78, 5) is 22.6. The molecule has 6 heteroatoms. The Morgan fingerprint density at radius 2 is 1.50 bits per heavy atom. The minimum absolute atomic E-state index is 0.0776. The zero-order valence-electron chi connectivity index (χ0n) is 16.3. The molecule has 0 radical (unpaired) electrons. The number of allylic oxidation sites excluding steroid dienone is 1. The van der Waals surface area contributed by atoms with E-state index in [1.165, 1.54) is 0 Å². The van der Waals surface area contributed by atoms with E-state index >= 15 is 0 Å². The summed E-state index contributed by atoms with van der Waals surface area (Å²) >= 11 is 7.78. The van der Waals surface area contributed by atoms with Gasteiger partial charge in [0, 0.05) is 21.9 Å². The topological polar surface area (TPSA) is 74.6 Å². The quantitative estimate of drug-likeness (QED) is 0.306. The van der Waals surface area contributed by atoms with Crippen LogP contribution in [0.15, 0.2) is 94.7 Å². The molecule has 0 aliphatic heterocycles. The van der Waals surface area contributed by atoms with Crippen LogP contribution in [0.5, 0.6) is 0 Å². The van der Waals surface area contributed by atoms with E-state index in [0.717, 1.165) is 21.6 Å². The first-order valence-electron chi connectivity index (χ1n) is 9.04. The van der Waals surface area contributed by atoms with Crippen molar-refractivity contribution < 1.29 is 19.8 Å². The Morgan fingerprint density at radius 3 is 2.10 bits per heavy atom. The summed E-state index contributed by atoms with van der Waals surface area (Å²) < 4.78 is 0. The van der Waals surface area contributed by atoms with Crippen LogP contribution in [0, 0.1) is 0 Å². The number of halogens is 1. The molecule has 0 unspecified atom stereocenters. The van der Waals surface area contributed by atoms with Gasteiger partial charge in [-0.25, -0.2) is 4.79 Å². The molecule has 3 rings (SSSR count). The zero-order chi connectivity index (χ0) is 21.9. The molecule has 0 atom stereocenters. The van der Waals surface area contributed by atoms with Gasteiger partial charge in [0.1, 0.15) is 0 Å². The van der Waals surface area contributed by atoms with Crippen LogP contribution in [0.3, 0.4) is 0 Å². The molecule has 0 amide bonds. The highest BCUT2D eigenvalue weighted by Gasteiger charge is 2.14. The molecule has 3 aromatic carbocycles. The largest absolute Gasteiger partial charge is 0.503 e. The van der Waals surface area contributed by atoms with Crippen molar-refractivity contribution in [3.8, 4) is 11.1 Å². The summed E-state index contributed by atoms with van der Waals surface area (Å²) in [7, 11) is 0. The number of thioether (sulfide) groups is 1. The number of hydrogen-bond acceptors (Lipinski definition) is 3. The highest BCUT2D eigenvalue weighted by atomic mass is 35.5. The van der Waals surface area contributed by atoms with Crippen molar-refractivity contribution in [3.05, 3.63) is 100 Å². The first-order chi connectivity index (χ1) is 14.4. The highest BCUT2D eigenvalue weighted by Crippen LogP contribution is 2.29.